The minimum absolute atomic E-state index is 0.633. The third kappa shape index (κ3) is 5.26. The van der Waals surface area contributed by atoms with Crippen molar-refractivity contribution in [1.29, 1.82) is 0 Å². The third-order valence-corrected chi connectivity index (χ3v) is 6.19. The zero-order valence-corrected chi connectivity index (χ0v) is 20.6. The van der Waals surface area contributed by atoms with Crippen molar-refractivity contribution in [2.45, 2.75) is 0 Å². The van der Waals surface area contributed by atoms with Crippen LogP contribution in [0, 0.1) is 11.8 Å². The molecule has 6 aromatic rings. The van der Waals surface area contributed by atoms with Crippen LogP contribution in [0.25, 0.3) is 45.3 Å². The van der Waals surface area contributed by atoms with E-state index in [0.29, 0.717) is 17.5 Å². The maximum Gasteiger partial charge on any atom is 0.164 e. The molecule has 6 rings (SSSR count). The molecule has 0 spiro atoms. The molecule has 38 heavy (non-hydrogen) atoms. The molecule has 0 unspecified atom stereocenters. The predicted octanol–water partition coefficient (Wildman–Crippen LogP) is 7.94. The van der Waals surface area contributed by atoms with Crippen molar-refractivity contribution >= 4 is 0 Å². The van der Waals surface area contributed by atoms with Gasteiger partial charge in [-0.05, 0) is 47.5 Å². The zero-order valence-electron chi connectivity index (χ0n) is 20.6. The lowest BCUT2D eigenvalue weighted by molar-refractivity contribution is 1.07. The smallest absolute Gasteiger partial charge is 0.164 e. The van der Waals surface area contributed by atoms with Crippen LogP contribution < -0.4 is 0 Å². The molecule has 1 aromatic heterocycles. The molecular weight excluding hydrogens is 462 g/mol. The van der Waals surface area contributed by atoms with Gasteiger partial charge in [-0.25, -0.2) is 15.0 Å². The molecule has 178 valence electrons. The highest BCUT2D eigenvalue weighted by molar-refractivity contribution is 5.67. The van der Waals surface area contributed by atoms with Gasteiger partial charge in [0, 0.05) is 27.8 Å². The van der Waals surface area contributed by atoms with E-state index in [9.17, 15) is 0 Å². The van der Waals surface area contributed by atoms with E-state index in [2.05, 4.69) is 60.4 Å². The van der Waals surface area contributed by atoms with Crippen LogP contribution in [0.4, 0.5) is 0 Å². The minimum atomic E-state index is 0.633. The Bertz CT molecular complexity index is 1660. The number of hydrogen-bond donors (Lipinski definition) is 0. The second kappa shape index (κ2) is 10.7. The Morgan fingerprint density at radius 1 is 0.289 bits per heavy atom. The Kier molecular flexibility index (Phi) is 6.53. The average molecular weight is 486 g/mol. The Labute approximate surface area is 222 Å². The van der Waals surface area contributed by atoms with E-state index in [0.717, 1.165) is 27.8 Å². The highest BCUT2D eigenvalue weighted by atomic mass is 15.0. The molecular formula is C35H23N3. The summed E-state index contributed by atoms with van der Waals surface area (Å²) in [6, 6.07) is 46.7. The second-order valence-electron chi connectivity index (χ2n) is 8.81. The highest BCUT2D eigenvalue weighted by Gasteiger charge is 2.11. The Morgan fingerprint density at radius 3 is 0.974 bits per heavy atom. The van der Waals surface area contributed by atoms with Gasteiger partial charge in [0.05, 0.1) is 0 Å². The molecule has 0 fully saturated rings. The lowest BCUT2D eigenvalue weighted by Gasteiger charge is -2.08. The van der Waals surface area contributed by atoms with Crippen molar-refractivity contribution in [1.82, 2.24) is 15.0 Å². The zero-order chi connectivity index (χ0) is 25.6. The number of rotatable bonds is 4. The van der Waals surface area contributed by atoms with Crippen molar-refractivity contribution in [2.75, 3.05) is 0 Å². The van der Waals surface area contributed by atoms with E-state index in [-0.39, 0.29) is 0 Å². The van der Waals surface area contributed by atoms with Crippen molar-refractivity contribution < 1.29 is 0 Å². The summed E-state index contributed by atoms with van der Waals surface area (Å²) >= 11 is 0. The van der Waals surface area contributed by atoms with Gasteiger partial charge in [0.25, 0.3) is 0 Å². The standard InChI is InChI=1S/C35H23N3/c1-4-10-28(11-5-1)29-22-18-26(19-23-29)16-17-27-20-24-32(25-21-27)35-37-33(30-12-6-2-7-13-30)36-34(38-35)31-14-8-3-9-15-31/h1-15,18-25H. The predicted molar refractivity (Wildman–Crippen MR) is 154 cm³/mol. The molecule has 0 atom stereocenters. The molecule has 3 nitrogen and oxygen atoms in total. The second-order valence-corrected chi connectivity index (χ2v) is 8.81. The summed E-state index contributed by atoms with van der Waals surface area (Å²) in [5.74, 6) is 8.47. The van der Waals surface area contributed by atoms with E-state index >= 15 is 0 Å². The summed E-state index contributed by atoms with van der Waals surface area (Å²) in [6.45, 7) is 0. The van der Waals surface area contributed by atoms with Gasteiger partial charge in [-0.1, -0.05) is 115 Å². The van der Waals surface area contributed by atoms with Crippen LogP contribution in [0.5, 0.6) is 0 Å². The summed E-state index contributed by atoms with van der Waals surface area (Å²) in [6.07, 6.45) is 0. The van der Waals surface area contributed by atoms with Gasteiger partial charge in [-0.15, -0.1) is 0 Å². The minimum Gasteiger partial charge on any atom is -0.208 e. The summed E-state index contributed by atoms with van der Waals surface area (Å²) in [5.41, 5.74) is 7.12. The van der Waals surface area contributed by atoms with Gasteiger partial charge < -0.3 is 0 Å². The first-order chi connectivity index (χ1) is 18.8. The van der Waals surface area contributed by atoms with Crippen LogP contribution in [-0.2, 0) is 0 Å². The molecule has 3 heteroatoms. The van der Waals surface area contributed by atoms with Crippen LogP contribution >= 0.6 is 0 Å². The molecule has 0 aliphatic carbocycles. The fraction of sp³-hybridized carbons (Fsp3) is 0. The molecule has 0 aliphatic rings. The highest BCUT2D eigenvalue weighted by Crippen LogP contribution is 2.25. The van der Waals surface area contributed by atoms with E-state index in [1.807, 2.05) is 91.0 Å². The topological polar surface area (TPSA) is 38.7 Å². The van der Waals surface area contributed by atoms with Crippen LogP contribution in [0.15, 0.2) is 140 Å². The lowest BCUT2D eigenvalue weighted by atomic mass is 10.0. The molecule has 5 aromatic carbocycles. The van der Waals surface area contributed by atoms with E-state index in [1.54, 1.807) is 0 Å². The Hall–Kier alpha value is -5.33. The monoisotopic (exact) mass is 485 g/mol. The van der Waals surface area contributed by atoms with E-state index < -0.39 is 0 Å². The average Bonchev–Trinajstić information content (AvgIpc) is 3.02. The molecule has 1 heterocycles. The first kappa shape index (κ1) is 23.1. The van der Waals surface area contributed by atoms with Crippen LogP contribution in [0.3, 0.4) is 0 Å². The largest absolute Gasteiger partial charge is 0.208 e. The molecule has 0 saturated carbocycles. The molecule has 0 saturated heterocycles. The van der Waals surface area contributed by atoms with Crippen LogP contribution in [-0.4, -0.2) is 15.0 Å². The van der Waals surface area contributed by atoms with Crippen molar-refractivity contribution in [3.05, 3.63) is 151 Å². The summed E-state index contributed by atoms with van der Waals surface area (Å²) in [5, 5.41) is 0. The van der Waals surface area contributed by atoms with Gasteiger partial charge in [0.2, 0.25) is 0 Å². The lowest BCUT2D eigenvalue weighted by Crippen LogP contribution is -2.00. The summed E-state index contributed by atoms with van der Waals surface area (Å²) in [4.78, 5) is 14.4. The van der Waals surface area contributed by atoms with Gasteiger partial charge in [0.15, 0.2) is 17.5 Å². The normalized spacial score (nSPS) is 10.4. The molecule has 0 amide bonds. The van der Waals surface area contributed by atoms with Crippen LogP contribution in [0.2, 0.25) is 0 Å². The molecule has 0 bridgehead atoms. The van der Waals surface area contributed by atoms with Gasteiger partial charge in [0.1, 0.15) is 0 Å². The van der Waals surface area contributed by atoms with Crippen LogP contribution in [0.1, 0.15) is 11.1 Å². The SMILES string of the molecule is C(#Cc1ccc(-c2nc(-c3ccccc3)nc(-c3ccccc3)n2)cc1)c1ccc(-c2ccccc2)cc1. The quantitative estimate of drug-likeness (QED) is 0.238. The first-order valence-electron chi connectivity index (χ1n) is 12.5. The van der Waals surface area contributed by atoms with Gasteiger partial charge in [-0.3, -0.25) is 0 Å². The number of hydrogen-bond acceptors (Lipinski definition) is 3. The van der Waals surface area contributed by atoms with E-state index in [1.165, 1.54) is 11.1 Å². The number of nitrogens with zero attached hydrogens (tertiary/aromatic N) is 3. The maximum absolute atomic E-state index is 4.80. The fourth-order valence-corrected chi connectivity index (χ4v) is 4.16. The van der Waals surface area contributed by atoms with Gasteiger partial charge >= 0.3 is 0 Å². The first-order valence-corrected chi connectivity index (χ1v) is 12.5. The molecule has 0 N–H and O–H groups in total. The summed E-state index contributed by atoms with van der Waals surface area (Å²) < 4.78 is 0. The van der Waals surface area contributed by atoms with E-state index in [4.69, 9.17) is 15.0 Å². The van der Waals surface area contributed by atoms with Crippen molar-refractivity contribution in [2.24, 2.45) is 0 Å². The van der Waals surface area contributed by atoms with Crippen molar-refractivity contribution in [3.8, 4) is 57.1 Å². The number of aromatic nitrogens is 3. The Morgan fingerprint density at radius 2 is 0.579 bits per heavy atom. The van der Waals surface area contributed by atoms with Gasteiger partial charge in [-0.2, -0.15) is 0 Å². The third-order valence-electron chi connectivity index (χ3n) is 6.19. The summed E-state index contributed by atoms with van der Waals surface area (Å²) in [7, 11) is 0. The number of benzene rings is 5. The fourth-order valence-electron chi connectivity index (χ4n) is 4.16. The molecule has 0 aliphatic heterocycles. The maximum atomic E-state index is 4.80. The molecule has 0 radical (unpaired) electrons. The Balaban J connectivity index is 1.28. The van der Waals surface area contributed by atoms with Crippen molar-refractivity contribution in [3.63, 3.8) is 0 Å².